The third kappa shape index (κ3) is 2.28. The number of rotatable bonds is 3. The number of aryl methyl sites for hydroxylation is 2. The van der Waals surface area contributed by atoms with Gasteiger partial charge in [0.15, 0.2) is 0 Å². The van der Waals surface area contributed by atoms with Crippen LogP contribution in [0.15, 0.2) is 18.2 Å². The number of nitrogens with one attached hydrogen (secondary N) is 1. The van der Waals surface area contributed by atoms with Crippen LogP contribution in [0, 0.1) is 11.8 Å². The maximum Gasteiger partial charge on any atom is 0.0428 e. The smallest absolute Gasteiger partial charge is 0.0428 e. The molecule has 1 aliphatic rings. The molecule has 0 aliphatic heterocycles. The summed E-state index contributed by atoms with van der Waals surface area (Å²) in [5.74, 6) is 6.12. The lowest BCUT2D eigenvalue weighted by molar-refractivity contribution is 0.610. The fourth-order valence-electron chi connectivity index (χ4n) is 2.40. The van der Waals surface area contributed by atoms with Crippen molar-refractivity contribution in [3.63, 3.8) is 0 Å². The monoisotopic (exact) mass is 213 g/mol. The molecular formula is C15H19N. The Hall–Kier alpha value is -1.26. The molecule has 1 nitrogen and oxygen atoms in total. The van der Waals surface area contributed by atoms with E-state index in [0.717, 1.165) is 6.42 Å². The minimum atomic E-state index is 0.373. The summed E-state index contributed by atoms with van der Waals surface area (Å²) in [4.78, 5) is 0. The third-order valence-corrected chi connectivity index (χ3v) is 3.36. The highest BCUT2D eigenvalue weighted by Gasteiger charge is 2.14. The molecule has 2 rings (SSSR count). The van der Waals surface area contributed by atoms with Gasteiger partial charge in [-0.3, -0.25) is 0 Å². The van der Waals surface area contributed by atoms with Crippen LogP contribution in [0.1, 0.15) is 42.5 Å². The standard InChI is InChI=1S/C15H19N/c1-3-4-8-15(16-2)14-10-9-12-6-5-7-13(12)11-14/h9-11,15-16H,5-8H2,1-2H3. The minimum Gasteiger partial charge on any atom is -0.312 e. The van der Waals surface area contributed by atoms with Gasteiger partial charge in [-0.05, 0) is 49.9 Å². The van der Waals surface area contributed by atoms with Crippen LogP contribution in [0.25, 0.3) is 0 Å². The molecule has 0 spiro atoms. The zero-order valence-corrected chi connectivity index (χ0v) is 10.1. The van der Waals surface area contributed by atoms with Crippen LogP contribution in [0.5, 0.6) is 0 Å². The number of benzene rings is 1. The highest BCUT2D eigenvalue weighted by Crippen LogP contribution is 2.26. The van der Waals surface area contributed by atoms with Gasteiger partial charge in [-0.1, -0.05) is 18.2 Å². The normalized spacial score (nSPS) is 15.1. The average molecular weight is 213 g/mol. The first-order valence-corrected chi connectivity index (χ1v) is 6.03. The molecule has 1 aromatic rings. The second-order valence-electron chi connectivity index (χ2n) is 4.35. The van der Waals surface area contributed by atoms with E-state index in [1.165, 1.54) is 24.8 Å². The van der Waals surface area contributed by atoms with Crippen molar-refractivity contribution in [3.05, 3.63) is 34.9 Å². The summed E-state index contributed by atoms with van der Waals surface area (Å²) >= 11 is 0. The Morgan fingerprint density at radius 3 is 2.88 bits per heavy atom. The minimum absolute atomic E-state index is 0.373. The van der Waals surface area contributed by atoms with Gasteiger partial charge in [-0.2, -0.15) is 0 Å². The molecule has 1 N–H and O–H groups in total. The molecule has 1 aromatic carbocycles. The first-order chi connectivity index (χ1) is 7.85. The van der Waals surface area contributed by atoms with Gasteiger partial charge in [-0.25, -0.2) is 0 Å². The van der Waals surface area contributed by atoms with Crippen LogP contribution in [-0.4, -0.2) is 7.05 Å². The third-order valence-electron chi connectivity index (χ3n) is 3.36. The van der Waals surface area contributed by atoms with Crippen LogP contribution in [0.2, 0.25) is 0 Å². The largest absolute Gasteiger partial charge is 0.312 e. The molecule has 0 saturated heterocycles. The molecule has 16 heavy (non-hydrogen) atoms. The lowest BCUT2D eigenvalue weighted by Gasteiger charge is -2.15. The van der Waals surface area contributed by atoms with Gasteiger partial charge in [0.2, 0.25) is 0 Å². The summed E-state index contributed by atoms with van der Waals surface area (Å²) in [5, 5.41) is 3.34. The topological polar surface area (TPSA) is 12.0 Å². The Bertz CT molecular complexity index is 423. The van der Waals surface area contributed by atoms with E-state index >= 15 is 0 Å². The van der Waals surface area contributed by atoms with E-state index in [0.29, 0.717) is 6.04 Å². The highest BCUT2D eigenvalue weighted by atomic mass is 14.9. The zero-order valence-electron chi connectivity index (χ0n) is 10.1. The molecule has 0 heterocycles. The van der Waals surface area contributed by atoms with Crippen molar-refractivity contribution in [3.8, 4) is 11.8 Å². The van der Waals surface area contributed by atoms with Gasteiger partial charge in [-0.15, -0.1) is 11.8 Å². The molecule has 0 bridgehead atoms. The van der Waals surface area contributed by atoms with Crippen LogP contribution >= 0.6 is 0 Å². The van der Waals surface area contributed by atoms with E-state index in [-0.39, 0.29) is 0 Å². The van der Waals surface area contributed by atoms with Crippen molar-refractivity contribution in [2.45, 2.75) is 38.6 Å². The lowest BCUT2D eigenvalue weighted by Crippen LogP contribution is -2.15. The molecule has 0 saturated carbocycles. The molecule has 0 fully saturated rings. The van der Waals surface area contributed by atoms with Crippen molar-refractivity contribution in [2.24, 2.45) is 0 Å². The van der Waals surface area contributed by atoms with Crippen molar-refractivity contribution in [1.82, 2.24) is 5.32 Å². The lowest BCUT2D eigenvalue weighted by atomic mass is 9.99. The summed E-state index contributed by atoms with van der Waals surface area (Å²) in [6.45, 7) is 1.90. The Morgan fingerprint density at radius 1 is 1.31 bits per heavy atom. The predicted molar refractivity (Wildman–Crippen MR) is 68.3 cm³/mol. The van der Waals surface area contributed by atoms with Gasteiger partial charge in [0, 0.05) is 12.5 Å². The Balaban J connectivity index is 2.20. The molecule has 84 valence electrons. The number of hydrogen-bond donors (Lipinski definition) is 1. The van der Waals surface area contributed by atoms with Crippen molar-refractivity contribution < 1.29 is 0 Å². The molecular weight excluding hydrogens is 194 g/mol. The molecule has 0 aromatic heterocycles. The number of hydrogen-bond acceptors (Lipinski definition) is 1. The van der Waals surface area contributed by atoms with Gasteiger partial charge < -0.3 is 5.32 Å². The second-order valence-corrected chi connectivity index (χ2v) is 4.35. The summed E-state index contributed by atoms with van der Waals surface area (Å²) in [6.07, 6.45) is 4.72. The second kappa shape index (κ2) is 5.18. The van der Waals surface area contributed by atoms with Gasteiger partial charge >= 0.3 is 0 Å². The summed E-state index contributed by atoms with van der Waals surface area (Å²) in [7, 11) is 2.01. The highest BCUT2D eigenvalue weighted by molar-refractivity contribution is 5.36. The van der Waals surface area contributed by atoms with E-state index in [2.05, 4.69) is 35.4 Å². The van der Waals surface area contributed by atoms with E-state index in [1.54, 1.807) is 11.1 Å². The SMILES string of the molecule is CC#CCC(NC)c1ccc2c(c1)CCC2. The van der Waals surface area contributed by atoms with Gasteiger partial charge in [0.1, 0.15) is 0 Å². The molecule has 0 radical (unpaired) electrons. The van der Waals surface area contributed by atoms with Crippen LogP contribution < -0.4 is 5.32 Å². The van der Waals surface area contributed by atoms with E-state index < -0.39 is 0 Å². The molecule has 1 unspecified atom stereocenters. The fraction of sp³-hybridized carbons (Fsp3) is 0.467. The van der Waals surface area contributed by atoms with Crippen LogP contribution in [-0.2, 0) is 12.8 Å². The molecule has 1 aliphatic carbocycles. The Kier molecular flexibility index (Phi) is 3.64. The van der Waals surface area contributed by atoms with E-state index in [9.17, 15) is 0 Å². The molecule has 1 atom stereocenters. The van der Waals surface area contributed by atoms with Crippen LogP contribution in [0.4, 0.5) is 0 Å². The summed E-state index contributed by atoms with van der Waals surface area (Å²) in [5.41, 5.74) is 4.47. The maximum absolute atomic E-state index is 3.34. The zero-order chi connectivity index (χ0) is 11.4. The van der Waals surface area contributed by atoms with Gasteiger partial charge in [0.25, 0.3) is 0 Å². The Morgan fingerprint density at radius 2 is 2.12 bits per heavy atom. The maximum atomic E-state index is 3.34. The van der Waals surface area contributed by atoms with Crippen LogP contribution in [0.3, 0.4) is 0 Å². The van der Waals surface area contributed by atoms with Crippen molar-refractivity contribution in [2.75, 3.05) is 7.05 Å². The Labute approximate surface area is 98.3 Å². The summed E-state index contributed by atoms with van der Waals surface area (Å²) in [6, 6.07) is 7.28. The van der Waals surface area contributed by atoms with Crippen molar-refractivity contribution in [1.29, 1.82) is 0 Å². The fourth-order valence-corrected chi connectivity index (χ4v) is 2.40. The van der Waals surface area contributed by atoms with E-state index in [4.69, 9.17) is 0 Å². The first kappa shape index (κ1) is 11.2. The first-order valence-electron chi connectivity index (χ1n) is 6.03. The quantitative estimate of drug-likeness (QED) is 0.761. The summed E-state index contributed by atoms with van der Waals surface area (Å²) < 4.78 is 0. The predicted octanol–water partition coefficient (Wildman–Crippen LogP) is 2.85. The average Bonchev–Trinajstić information content (AvgIpc) is 2.77. The van der Waals surface area contributed by atoms with Crippen molar-refractivity contribution >= 4 is 0 Å². The molecule has 0 amide bonds. The molecule has 1 heteroatoms. The van der Waals surface area contributed by atoms with E-state index in [1.807, 2.05) is 14.0 Å². The van der Waals surface area contributed by atoms with Gasteiger partial charge in [0.05, 0.1) is 0 Å². The number of fused-ring (bicyclic) bond motifs is 1.